The van der Waals surface area contributed by atoms with Crippen LogP contribution in [0, 0.1) is 12.8 Å². The number of nitrogens with one attached hydrogen (secondary N) is 1. The second-order valence-electron chi connectivity index (χ2n) is 4.64. The molecule has 1 aliphatic rings. The monoisotopic (exact) mass is 250 g/mol. The van der Waals surface area contributed by atoms with Gasteiger partial charge in [0.05, 0.1) is 0 Å². The fraction of sp³-hybridized carbons (Fsp3) is 0.583. The van der Waals surface area contributed by atoms with E-state index in [-0.39, 0.29) is 0 Å². The molecule has 6 nitrogen and oxygen atoms in total. The standard InChI is InChI=1S/C12H18N4O2/c1-9-6-11(15-8-14-9)13-7-10-2-4-16(5-3-10)12(17)18/h6,8,10H,2-5,7H2,1H3,(H,17,18)(H,13,14,15). The molecule has 0 aliphatic carbocycles. The first-order valence-electron chi connectivity index (χ1n) is 6.15. The van der Waals surface area contributed by atoms with E-state index in [9.17, 15) is 4.79 Å². The number of nitrogens with zero attached hydrogens (tertiary/aromatic N) is 3. The third kappa shape index (κ3) is 3.32. The maximum Gasteiger partial charge on any atom is 0.407 e. The molecule has 1 saturated heterocycles. The maximum absolute atomic E-state index is 10.8. The zero-order valence-corrected chi connectivity index (χ0v) is 10.5. The molecule has 6 heteroatoms. The lowest BCUT2D eigenvalue weighted by Crippen LogP contribution is -2.39. The second-order valence-corrected chi connectivity index (χ2v) is 4.64. The zero-order valence-electron chi connectivity index (χ0n) is 10.5. The van der Waals surface area contributed by atoms with E-state index in [1.165, 1.54) is 4.90 Å². The molecule has 0 aromatic carbocycles. The molecule has 1 aromatic heterocycles. The van der Waals surface area contributed by atoms with E-state index >= 15 is 0 Å². The highest BCUT2D eigenvalue weighted by Crippen LogP contribution is 2.17. The molecule has 0 unspecified atom stereocenters. The van der Waals surface area contributed by atoms with Gasteiger partial charge in [-0.1, -0.05) is 0 Å². The molecular formula is C12H18N4O2. The van der Waals surface area contributed by atoms with Crippen molar-refractivity contribution in [2.45, 2.75) is 19.8 Å². The Morgan fingerprint density at radius 2 is 2.22 bits per heavy atom. The lowest BCUT2D eigenvalue weighted by Gasteiger charge is -2.30. The molecule has 2 rings (SSSR count). The van der Waals surface area contributed by atoms with E-state index < -0.39 is 6.09 Å². The Kier molecular flexibility index (Phi) is 3.96. The van der Waals surface area contributed by atoms with Crippen LogP contribution in [0.25, 0.3) is 0 Å². The summed E-state index contributed by atoms with van der Waals surface area (Å²) in [6, 6.07) is 1.91. The number of piperidine rings is 1. The van der Waals surface area contributed by atoms with Crippen LogP contribution in [0.2, 0.25) is 0 Å². The van der Waals surface area contributed by atoms with Gasteiger partial charge < -0.3 is 15.3 Å². The summed E-state index contributed by atoms with van der Waals surface area (Å²) in [7, 11) is 0. The van der Waals surface area contributed by atoms with Crippen molar-refractivity contribution < 1.29 is 9.90 Å². The first-order valence-corrected chi connectivity index (χ1v) is 6.15. The van der Waals surface area contributed by atoms with Gasteiger partial charge in [0.15, 0.2) is 0 Å². The number of hydrogen-bond donors (Lipinski definition) is 2. The number of amides is 1. The summed E-state index contributed by atoms with van der Waals surface area (Å²) >= 11 is 0. The van der Waals surface area contributed by atoms with Crippen LogP contribution in [-0.2, 0) is 0 Å². The number of anilines is 1. The third-order valence-corrected chi connectivity index (χ3v) is 3.26. The number of aryl methyl sites for hydroxylation is 1. The molecule has 1 aliphatic heterocycles. The van der Waals surface area contributed by atoms with Crippen molar-refractivity contribution in [3.05, 3.63) is 18.1 Å². The molecule has 0 bridgehead atoms. The van der Waals surface area contributed by atoms with Gasteiger partial charge >= 0.3 is 6.09 Å². The molecule has 1 amide bonds. The highest BCUT2D eigenvalue weighted by atomic mass is 16.4. The number of carbonyl (C=O) groups is 1. The highest BCUT2D eigenvalue weighted by molar-refractivity contribution is 5.64. The van der Waals surface area contributed by atoms with Crippen LogP contribution in [0.15, 0.2) is 12.4 Å². The SMILES string of the molecule is Cc1cc(NCC2CCN(C(=O)O)CC2)ncn1. The molecular weight excluding hydrogens is 232 g/mol. The number of hydrogen-bond acceptors (Lipinski definition) is 4. The van der Waals surface area contributed by atoms with Gasteiger partial charge in [-0.15, -0.1) is 0 Å². The van der Waals surface area contributed by atoms with Gasteiger partial charge in [0, 0.05) is 31.4 Å². The molecule has 18 heavy (non-hydrogen) atoms. The molecule has 0 atom stereocenters. The van der Waals surface area contributed by atoms with Gasteiger partial charge in [-0.25, -0.2) is 14.8 Å². The average Bonchev–Trinajstić information content (AvgIpc) is 2.37. The van der Waals surface area contributed by atoms with Crippen LogP contribution in [0.3, 0.4) is 0 Å². The third-order valence-electron chi connectivity index (χ3n) is 3.26. The first-order chi connectivity index (χ1) is 8.65. The van der Waals surface area contributed by atoms with Gasteiger partial charge in [-0.05, 0) is 25.7 Å². The predicted molar refractivity (Wildman–Crippen MR) is 67.6 cm³/mol. The van der Waals surface area contributed by atoms with Crippen molar-refractivity contribution in [3.8, 4) is 0 Å². The van der Waals surface area contributed by atoms with Crippen LogP contribution in [0.4, 0.5) is 10.6 Å². The number of aromatic nitrogens is 2. The minimum atomic E-state index is -0.812. The van der Waals surface area contributed by atoms with E-state index in [1.54, 1.807) is 6.33 Å². The number of likely N-dealkylation sites (tertiary alicyclic amines) is 1. The highest BCUT2D eigenvalue weighted by Gasteiger charge is 2.21. The van der Waals surface area contributed by atoms with Gasteiger partial charge in [0.1, 0.15) is 12.1 Å². The summed E-state index contributed by atoms with van der Waals surface area (Å²) < 4.78 is 0. The van der Waals surface area contributed by atoms with E-state index in [0.717, 1.165) is 30.9 Å². The summed E-state index contributed by atoms with van der Waals surface area (Å²) in [4.78, 5) is 20.4. The maximum atomic E-state index is 10.8. The second kappa shape index (κ2) is 5.66. The largest absolute Gasteiger partial charge is 0.465 e. The summed E-state index contributed by atoms with van der Waals surface area (Å²) in [6.45, 7) is 4.02. The molecule has 98 valence electrons. The fourth-order valence-electron chi connectivity index (χ4n) is 2.13. The summed E-state index contributed by atoms with van der Waals surface area (Å²) in [5, 5.41) is 12.1. The summed E-state index contributed by atoms with van der Waals surface area (Å²) in [5.74, 6) is 1.35. The lowest BCUT2D eigenvalue weighted by molar-refractivity contribution is 0.126. The Labute approximate surface area is 106 Å². The van der Waals surface area contributed by atoms with Gasteiger partial charge in [-0.3, -0.25) is 0 Å². The topological polar surface area (TPSA) is 78.4 Å². The normalized spacial score (nSPS) is 16.6. The Hall–Kier alpha value is -1.85. The Bertz CT molecular complexity index is 416. The Morgan fingerprint density at radius 3 is 2.83 bits per heavy atom. The van der Waals surface area contributed by atoms with Crippen LogP contribution in [0.1, 0.15) is 18.5 Å². The number of rotatable bonds is 3. The van der Waals surface area contributed by atoms with Gasteiger partial charge in [0.2, 0.25) is 0 Å². The number of carboxylic acid groups (broad SMARTS) is 1. The van der Waals surface area contributed by atoms with Crippen LogP contribution >= 0.6 is 0 Å². The molecule has 1 aromatic rings. The first kappa shape index (κ1) is 12.6. The molecule has 2 heterocycles. The average molecular weight is 250 g/mol. The Balaban J connectivity index is 1.77. The minimum absolute atomic E-state index is 0.510. The van der Waals surface area contributed by atoms with Crippen molar-refractivity contribution in [1.29, 1.82) is 0 Å². The molecule has 1 fully saturated rings. The fourth-order valence-corrected chi connectivity index (χ4v) is 2.13. The van der Waals surface area contributed by atoms with Crippen molar-refractivity contribution >= 4 is 11.9 Å². The molecule has 0 saturated carbocycles. The minimum Gasteiger partial charge on any atom is -0.465 e. The Morgan fingerprint density at radius 1 is 1.50 bits per heavy atom. The van der Waals surface area contributed by atoms with E-state index in [2.05, 4.69) is 15.3 Å². The van der Waals surface area contributed by atoms with Crippen molar-refractivity contribution in [2.24, 2.45) is 5.92 Å². The summed E-state index contributed by atoms with van der Waals surface area (Å²) in [6.07, 6.45) is 2.55. The zero-order chi connectivity index (χ0) is 13.0. The van der Waals surface area contributed by atoms with Crippen molar-refractivity contribution in [1.82, 2.24) is 14.9 Å². The van der Waals surface area contributed by atoms with Crippen LogP contribution < -0.4 is 5.32 Å². The molecule has 2 N–H and O–H groups in total. The molecule has 0 spiro atoms. The van der Waals surface area contributed by atoms with E-state index in [0.29, 0.717) is 19.0 Å². The molecule has 0 radical (unpaired) electrons. The lowest BCUT2D eigenvalue weighted by atomic mass is 9.97. The van der Waals surface area contributed by atoms with Crippen LogP contribution in [-0.4, -0.2) is 45.7 Å². The van der Waals surface area contributed by atoms with Gasteiger partial charge in [0.25, 0.3) is 0 Å². The van der Waals surface area contributed by atoms with Gasteiger partial charge in [-0.2, -0.15) is 0 Å². The predicted octanol–water partition coefficient (Wildman–Crippen LogP) is 1.59. The van der Waals surface area contributed by atoms with Crippen molar-refractivity contribution in [3.63, 3.8) is 0 Å². The van der Waals surface area contributed by atoms with Crippen LogP contribution in [0.5, 0.6) is 0 Å². The van der Waals surface area contributed by atoms with Crippen molar-refractivity contribution in [2.75, 3.05) is 25.0 Å². The quantitative estimate of drug-likeness (QED) is 0.851. The summed E-state index contributed by atoms with van der Waals surface area (Å²) in [5.41, 5.74) is 0.938. The van der Waals surface area contributed by atoms with E-state index in [4.69, 9.17) is 5.11 Å². The van der Waals surface area contributed by atoms with E-state index in [1.807, 2.05) is 13.0 Å². The smallest absolute Gasteiger partial charge is 0.407 e.